The van der Waals surface area contributed by atoms with Gasteiger partial charge in [-0.1, -0.05) is 22.0 Å². The summed E-state index contributed by atoms with van der Waals surface area (Å²) in [4.78, 5) is 2.14. The molecule has 3 nitrogen and oxygen atoms in total. The number of hydrogen-bond acceptors (Lipinski definition) is 3. The molecule has 0 N–H and O–H groups in total. The summed E-state index contributed by atoms with van der Waals surface area (Å²) in [6.07, 6.45) is 0. The molecule has 1 heterocycles. The SMILES string of the molecule is Cc1cc(N2CCS(=O)(=O)CC2)ccc1CBr. The Kier molecular flexibility index (Phi) is 3.78. The second-order valence-corrected chi connectivity index (χ2v) is 7.25. The molecule has 17 heavy (non-hydrogen) atoms. The predicted octanol–water partition coefficient (Wildman–Crippen LogP) is 2.12. The minimum Gasteiger partial charge on any atom is -0.369 e. The van der Waals surface area contributed by atoms with Gasteiger partial charge in [-0.3, -0.25) is 0 Å². The number of alkyl halides is 1. The molecular weight excluding hydrogens is 302 g/mol. The maximum atomic E-state index is 11.4. The van der Waals surface area contributed by atoms with Crippen LogP contribution in [0, 0.1) is 6.92 Å². The van der Waals surface area contributed by atoms with Crippen LogP contribution in [0.25, 0.3) is 0 Å². The van der Waals surface area contributed by atoms with E-state index in [0.29, 0.717) is 13.1 Å². The second-order valence-electron chi connectivity index (χ2n) is 4.38. The molecular formula is C12H16BrNO2S. The quantitative estimate of drug-likeness (QED) is 0.784. The fourth-order valence-corrected chi connectivity index (χ4v) is 3.83. The zero-order chi connectivity index (χ0) is 12.5. The normalized spacial score (nSPS) is 19.3. The fraction of sp³-hybridized carbons (Fsp3) is 0.500. The van der Waals surface area contributed by atoms with E-state index in [0.717, 1.165) is 11.0 Å². The van der Waals surface area contributed by atoms with Gasteiger partial charge in [-0.15, -0.1) is 0 Å². The summed E-state index contributed by atoms with van der Waals surface area (Å²) in [6, 6.07) is 6.30. The summed E-state index contributed by atoms with van der Waals surface area (Å²) in [5.74, 6) is 0.540. The van der Waals surface area contributed by atoms with Gasteiger partial charge in [-0.05, 0) is 30.2 Å². The second kappa shape index (κ2) is 4.98. The van der Waals surface area contributed by atoms with E-state index >= 15 is 0 Å². The van der Waals surface area contributed by atoms with Crippen molar-refractivity contribution in [2.45, 2.75) is 12.3 Å². The average Bonchev–Trinajstić information content (AvgIpc) is 2.29. The van der Waals surface area contributed by atoms with Gasteiger partial charge in [0.1, 0.15) is 0 Å². The molecule has 94 valence electrons. The van der Waals surface area contributed by atoms with Crippen LogP contribution < -0.4 is 4.90 Å². The van der Waals surface area contributed by atoms with E-state index in [4.69, 9.17) is 0 Å². The van der Waals surface area contributed by atoms with Crippen LogP contribution in [0.5, 0.6) is 0 Å². The van der Waals surface area contributed by atoms with E-state index in [1.165, 1.54) is 11.1 Å². The van der Waals surface area contributed by atoms with Crippen LogP contribution in [0.4, 0.5) is 5.69 Å². The van der Waals surface area contributed by atoms with E-state index in [-0.39, 0.29) is 11.5 Å². The topological polar surface area (TPSA) is 37.4 Å². The van der Waals surface area contributed by atoms with Crippen molar-refractivity contribution in [2.75, 3.05) is 29.5 Å². The van der Waals surface area contributed by atoms with Gasteiger partial charge in [0.25, 0.3) is 0 Å². The maximum absolute atomic E-state index is 11.4. The highest BCUT2D eigenvalue weighted by Gasteiger charge is 2.21. The zero-order valence-electron chi connectivity index (χ0n) is 9.82. The summed E-state index contributed by atoms with van der Waals surface area (Å²) >= 11 is 3.45. The smallest absolute Gasteiger partial charge is 0.153 e. The Labute approximate surface area is 111 Å². The Balaban J connectivity index is 2.16. The first kappa shape index (κ1) is 12.9. The van der Waals surface area contributed by atoms with E-state index in [1.54, 1.807) is 0 Å². The molecule has 1 saturated heterocycles. The number of anilines is 1. The molecule has 0 spiro atoms. The van der Waals surface area contributed by atoms with Gasteiger partial charge in [-0.25, -0.2) is 8.42 Å². The third-order valence-corrected chi connectivity index (χ3v) is 5.39. The molecule has 1 aromatic carbocycles. The van der Waals surface area contributed by atoms with Crippen LogP contribution in [0.1, 0.15) is 11.1 Å². The number of aryl methyl sites for hydroxylation is 1. The average molecular weight is 318 g/mol. The van der Waals surface area contributed by atoms with Crippen molar-refractivity contribution in [1.82, 2.24) is 0 Å². The van der Waals surface area contributed by atoms with Crippen molar-refractivity contribution >= 4 is 31.5 Å². The number of sulfone groups is 1. The number of hydrogen-bond donors (Lipinski definition) is 0. The van der Waals surface area contributed by atoms with Crippen molar-refractivity contribution in [3.63, 3.8) is 0 Å². The van der Waals surface area contributed by atoms with Crippen LogP contribution in [0.2, 0.25) is 0 Å². The standard InChI is InChI=1S/C12H16BrNO2S/c1-10-8-12(3-2-11(10)9-13)14-4-6-17(15,16)7-5-14/h2-3,8H,4-7,9H2,1H3. The van der Waals surface area contributed by atoms with E-state index in [2.05, 4.69) is 46.0 Å². The lowest BCUT2D eigenvalue weighted by Crippen LogP contribution is -2.40. The first-order chi connectivity index (χ1) is 8.02. The van der Waals surface area contributed by atoms with E-state index < -0.39 is 9.84 Å². The van der Waals surface area contributed by atoms with Crippen molar-refractivity contribution < 1.29 is 8.42 Å². The highest BCUT2D eigenvalue weighted by Crippen LogP contribution is 2.22. The van der Waals surface area contributed by atoms with Crippen LogP contribution in [0.3, 0.4) is 0 Å². The Hall–Kier alpha value is -0.550. The van der Waals surface area contributed by atoms with E-state index in [9.17, 15) is 8.42 Å². The van der Waals surface area contributed by atoms with Gasteiger partial charge in [0.05, 0.1) is 11.5 Å². The number of rotatable bonds is 2. The molecule has 2 rings (SSSR count). The number of nitrogens with zero attached hydrogens (tertiary/aromatic N) is 1. The van der Waals surface area contributed by atoms with Gasteiger partial charge in [0.2, 0.25) is 0 Å². The minimum atomic E-state index is -2.80. The van der Waals surface area contributed by atoms with Crippen molar-refractivity contribution in [2.24, 2.45) is 0 Å². The molecule has 1 fully saturated rings. The lowest BCUT2D eigenvalue weighted by atomic mass is 10.1. The first-order valence-electron chi connectivity index (χ1n) is 5.63. The van der Waals surface area contributed by atoms with Crippen LogP contribution >= 0.6 is 15.9 Å². The Morgan fingerprint density at radius 2 is 1.94 bits per heavy atom. The highest BCUT2D eigenvalue weighted by atomic mass is 79.9. The van der Waals surface area contributed by atoms with E-state index in [1.807, 2.05) is 0 Å². The van der Waals surface area contributed by atoms with Crippen molar-refractivity contribution in [1.29, 1.82) is 0 Å². The minimum absolute atomic E-state index is 0.270. The third-order valence-electron chi connectivity index (χ3n) is 3.18. The first-order valence-corrected chi connectivity index (χ1v) is 8.57. The Bertz CT molecular complexity index is 499. The molecule has 1 aromatic rings. The largest absolute Gasteiger partial charge is 0.369 e. The maximum Gasteiger partial charge on any atom is 0.153 e. The molecule has 0 aromatic heterocycles. The molecule has 5 heteroatoms. The number of benzene rings is 1. The molecule has 0 atom stereocenters. The van der Waals surface area contributed by atoms with Crippen LogP contribution in [0.15, 0.2) is 18.2 Å². The molecule has 0 bridgehead atoms. The van der Waals surface area contributed by atoms with Crippen molar-refractivity contribution in [3.8, 4) is 0 Å². The lowest BCUT2D eigenvalue weighted by molar-refractivity contribution is 0.587. The molecule has 0 radical (unpaired) electrons. The summed E-state index contributed by atoms with van der Waals surface area (Å²) in [7, 11) is -2.80. The molecule has 0 aliphatic carbocycles. The summed E-state index contributed by atoms with van der Waals surface area (Å²) in [6.45, 7) is 3.30. The van der Waals surface area contributed by atoms with Gasteiger partial charge >= 0.3 is 0 Å². The van der Waals surface area contributed by atoms with Crippen LogP contribution in [-0.2, 0) is 15.2 Å². The fourth-order valence-electron chi connectivity index (χ4n) is 2.00. The Morgan fingerprint density at radius 1 is 1.29 bits per heavy atom. The molecule has 0 saturated carbocycles. The predicted molar refractivity (Wildman–Crippen MR) is 74.7 cm³/mol. The highest BCUT2D eigenvalue weighted by molar-refractivity contribution is 9.08. The lowest BCUT2D eigenvalue weighted by Gasteiger charge is -2.29. The summed E-state index contributed by atoms with van der Waals surface area (Å²) < 4.78 is 22.7. The molecule has 0 amide bonds. The molecule has 0 unspecified atom stereocenters. The zero-order valence-corrected chi connectivity index (χ0v) is 12.2. The van der Waals surface area contributed by atoms with Gasteiger partial charge in [0.15, 0.2) is 9.84 Å². The summed E-state index contributed by atoms with van der Waals surface area (Å²) in [5.41, 5.74) is 3.65. The van der Waals surface area contributed by atoms with Gasteiger partial charge in [0, 0.05) is 24.1 Å². The summed E-state index contributed by atoms with van der Waals surface area (Å²) in [5, 5.41) is 0.855. The Morgan fingerprint density at radius 3 is 2.47 bits per heavy atom. The number of halogens is 1. The van der Waals surface area contributed by atoms with Gasteiger partial charge in [-0.2, -0.15) is 0 Å². The van der Waals surface area contributed by atoms with Gasteiger partial charge < -0.3 is 4.90 Å². The molecule has 1 aliphatic rings. The van der Waals surface area contributed by atoms with Crippen molar-refractivity contribution in [3.05, 3.63) is 29.3 Å². The molecule has 1 aliphatic heterocycles. The van der Waals surface area contributed by atoms with Crippen LogP contribution in [-0.4, -0.2) is 33.0 Å². The third kappa shape index (κ3) is 3.01. The monoisotopic (exact) mass is 317 g/mol.